The van der Waals surface area contributed by atoms with Crippen LogP contribution in [0.4, 0.5) is 0 Å². The van der Waals surface area contributed by atoms with Crippen LogP contribution in [-0.2, 0) is 16.0 Å². The molecule has 112 valence electrons. The lowest BCUT2D eigenvalue weighted by atomic mass is 9.86. The van der Waals surface area contributed by atoms with Crippen LogP contribution in [0.15, 0.2) is 66.4 Å². The van der Waals surface area contributed by atoms with Crippen LogP contribution in [0.3, 0.4) is 0 Å². The molecule has 2 aromatic rings. The summed E-state index contributed by atoms with van der Waals surface area (Å²) in [5.74, 6) is 0.595. The van der Waals surface area contributed by atoms with Gasteiger partial charge in [-0.15, -0.1) is 0 Å². The average Bonchev–Trinajstić information content (AvgIpc) is 2.56. The Morgan fingerprint density at radius 1 is 1.00 bits per heavy atom. The van der Waals surface area contributed by atoms with Gasteiger partial charge < -0.3 is 4.74 Å². The molecule has 0 aromatic heterocycles. The van der Waals surface area contributed by atoms with Gasteiger partial charge in [-0.05, 0) is 43.4 Å². The van der Waals surface area contributed by atoms with Crippen LogP contribution in [0.25, 0.3) is 6.08 Å². The molecule has 0 radical (unpaired) electrons. The highest BCUT2D eigenvalue weighted by atomic mass is 16.5. The van der Waals surface area contributed by atoms with Crippen molar-refractivity contribution < 1.29 is 9.53 Å². The van der Waals surface area contributed by atoms with Crippen molar-refractivity contribution >= 4 is 11.9 Å². The first kappa shape index (κ1) is 14.6. The average molecular weight is 292 g/mol. The van der Waals surface area contributed by atoms with Gasteiger partial charge in [0.05, 0.1) is 0 Å². The summed E-state index contributed by atoms with van der Waals surface area (Å²) in [7, 11) is 0. The van der Waals surface area contributed by atoms with E-state index in [-0.39, 0.29) is 5.78 Å². The predicted molar refractivity (Wildman–Crippen MR) is 88.3 cm³/mol. The molecule has 2 heteroatoms. The van der Waals surface area contributed by atoms with Gasteiger partial charge in [0.25, 0.3) is 0 Å². The lowest BCUT2D eigenvalue weighted by Gasteiger charge is -2.39. The zero-order chi connectivity index (χ0) is 15.4. The third-order valence-corrected chi connectivity index (χ3v) is 4.10. The summed E-state index contributed by atoms with van der Waals surface area (Å²) in [6.07, 6.45) is 4.50. The van der Waals surface area contributed by atoms with Crippen LogP contribution in [-0.4, -0.2) is 11.4 Å². The van der Waals surface area contributed by atoms with E-state index >= 15 is 0 Å². The van der Waals surface area contributed by atoms with Crippen molar-refractivity contribution in [1.82, 2.24) is 0 Å². The Kier molecular flexibility index (Phi) is 4.10. The van der Waals surface area contributed by atoms with Crippen LogP contribution < -0.4 is 0 Å². The minimum Gasteiger partial charge on any atom is -0.475 e. The van der Waals surface area contributed by atoms with E-state index in [1.54, 1.807) is 0 Å². The maximum atomic E-state index is 12.3. The van der Waals surface area contributed by atoms with Crippen LogP contribution in [0, 0.1) is 0 Å². The van der Waals surface area contributed by atoms with Crippen molar-refractivity contribution in [1.29, 1.82) is 0 Å². The maximum absolute atomic E-state index is 12.3. The van der Waals surface area contributed by atoms with Crippen molar-refractivity contribution in [2.24, 2.45) is 0 Å². The number of hydrogen-bond acceptors (Lipinski definition) is 2. The fourth-order valence-corrected chi connectivity index (χ4v) is 2.78. The summed E-state index contributed by atoms with van der Waals surface area (Å²) in [5.41, 5.74) is 1.66. The third-order valence-electron chi connectivity index (χ3n) is 4.10. The van der Waals surface area contributed by atoms with Gasteiger partial charge in [0, 0.05) is 0 Å². The third kappa shape index (κ3) is 3.11. The minimum atomic E-state index is -0.643. The van der Waals surface area contributed by atoms with Crippen LogP contribution >= 0.6 is 0 Å². The SMILES string of the molecule is CC1(CCCc2ccccc2)O/C(=C/c2ccccc2)C1=O. The van der Waals surface area contributed by atoms with Crippen molar-refractivity contribution in [3.8, 4) is 0 Å². The van der Waals surface area contributed by atoms with Gasteiger partial charge in [0.15, 0.2) is 11.4 Å². The second-order valence-electron chi connectivity index (χ2n) is 5.92. The molecule has 0 bridgehead atoms. The molecule has 1 saturated heterocycles. The molecule has 1 aliphatic heterocycles. The normalized spacial score (nSPS) is 22.2. The first-order chi connectivity index (χ1) is 10.7. The lowest BCUT2D eigenvalue weighted by Crippen LogP contribution is -2.50. The highest BCUT2D eigenvalue weighted by molar-refractivity contribution is 6.08. The van der Waals surface area contributed by atoms with Crippen molar-refractivity contribution in [3.05, 3.63) is 77.5 Å². The molecule has 1 unspecified atom stereocenters. The van der Waals surface area contributed by atoms with Crippen LogP contribution in [0.5, 0.6) is 0 Å². The molecular formula is C20H20O2. The number of carbonyl (C=O) groups excluding carboxylic acids is 1. The number of ketones is 1. The fraction of sp³-hybridized carbons (Fsp3) is 0.250. The molecular weight excluding hydrogens is 272 g/mol. The van der Waals surface area contributed by atoms with Gasteiger partial charge in [0.2, 0.25) is 5.78 Å². The first-order valence-corrected chi connectivity index (χ1v) is 7.72. The summed E-state index contributed by atoms with van der Waals surface area (Å²) in [4.78, 5) is 12.3. The molecule has 0 amide bonds. The Balaban J connectivity index is 1.55. The second kappa shape index (κ2) is 6.18. The molecule has 0 spiro atoms. The van der Waals surface area contributed by atoms with Gasteiger partial charge in [-0.3, -0.25) is 4.79 Å². The quantitative estimate of drug-likeness (QED) is 0.763. The standard InChI is InChI=1S/C20H20O2/c1-20(14-8-13-16-9-4-2-5-10-16)19(21)18(22-20)15-17-11-6-3-7-12-17/h2-7,9-12,15H,8,13-14H2,1H3/b18-15+. The number of carbonyl (C=O) groups is 1. The van der Waals surface area contributed by atoms with Crippen LogP contribution in [0.2, 0.25) is 0 Å². The smallest absolute Gasteiger partial charge is 0.240 e. The number of Topliss-reactive ketones (excluding diaryl/α,β-unsaturated/α-hetero) is 1. The van der Waals surface area contributed by atoms with E-state index in [0.29, 0.717) is 5.76 Å². The number of aryl methyl sites for hydroxylation is 1. The summed E-state index contributed by atoms with van der Waals surface area (Å²) in [5, 5.41) is 0. The second-order valence-corrected chi connectivity index (χ2v) is 5.92. The minimum absolute atomic E-state index is 0.115. The molecule has 1 fully saturated rings. The van der Waals surface area contributed by atoms with Gasteiger partial charge in [-0.25, -0.2) is 0 Å². The largest absolute Gasteiger partial charge is 0.475 e. The number of rotatable bonds is 5. The van der Waals surface area contributed by atoms with Gasteiger partial charge >= 0.3 is 0 Å². The number of ether oxygens (including phenoxy) is 1. The Bertz CT molecular complexity index is 673. The molecule has 2 aromatic carbocycles. The Labute approximate surface area is 131 Å². The molecule has 1 aliphatic rings. The van der Waals surface area contributed by atoms with E-state index in [1.165, 1.54) is 5.56 Å². The van der Waals surface area contributed by atoms with Crippen molar-refractivity contribution in [2.75, 3.05) is 0 Å². The monoisotopic (exact) mass is 292 g/mol. The maximum Gasteiger partial charge on any atom is 0.240 e. The van der Waals surface area contributed by atoms with Gasteiger partial charge in [-0.1, -0.05) is 60.7 Å². The summed E-state index contributed by atoms with van der Waals surface area (Å²) < 4.78 is 5.79. The molecule has 2 nitrogen and oxygen atoms in total. The predicted octanol–water partition coefficient (Wildman–Crippen LogP) is 4.41. The fourth-order valence-electron chi connectivity index (χ4n) is 2.78. The van der Waals surface area contributed by atoms with E-state index in [4.69, 9.17) is 4.74 Å². The van der Waals surface area contributed by atoms with E-state index in [0.717, 1.165) is 24.8 Å². The van der Waals surface area contributed by atoms with Gasteiger partial charge in [0.1, 0.15) is 0 Å². The molecule has 0 N–H and O–H groups in total. The molecule has 22 heavy (non-hydrogen) atoms. The highest BCUT2D eigenvalue weighted by Crippen LogP contribution is 2.36. The van der Waals surface area contributed by atoms with E-state index < -0.39 is 5.60 Å². The summed E-state index contributed by atoms with van der Waals surface area (Å²) >= 11 is 0. The Morgan fingerprint density at radius 3 is 2.27 bits per heavy atom. The summed E-state index contributed by atoms with van der Waals surface area (Å²) in [6.45, 7) is 1.89. The lowest BCUT2D eigenvalue weighted by molar-refractivity contribution is -0.158. The van der Waals surface area contributed by atoms with Crippen molar-refractivity contribution in [3.63, 3.8) is 0 Å². The zero-order valence-electron chi connectivity index (χ0n) is 12.8. The van der Waals surface area contributed by atoms with Crippen molar-refractivity contribution in [2.45, 2.75) is 31.8 Å². The summed E-state index contributed by atoms with van der Waals surface area (Å²) in [6, 6.07) is 20.1. The highest BCUT2D eigenvalue weighted by Gasteiger charge is 2.48. The van der Waals surface area contributed by atoms with E-state index in [9.17, 15) is 4.79 Å². The molecule has 1 atom stereocenters. The number of benzene rings is 2. The molecule has 3 rings (SSSR count). The van der Waals surface area contributed by atoms with Crippen LogP contribution in [0.1, 0.15) is 30.9 Å². The zero-order valence-corrected chi connectivity index (χ0v) is 12.8. The van der Waals surface area contributed by atoms with E-state index in [1.807, 2.05) is 61.5 Å². The molecule has 0 aliphatic carbocycles. The topological polar surface area (TPSA) is 26.3 Å². The molecule has 0 saturated carbocycles. The Hall–Kier alpha value is -2.35. The van der Waals surface area contributed by atoms with Gasteiger partial charge in [-0.2, -0.15) is 0 Å². The molecule has 1 heterocycles. The van der Waals surface area contributed by atoms with E-state index in [2.05, 4.69) is 12.1 Å². The Morgan fingerprint density at radius 2 is 1.64 bits per heavy atom. The first-order valence-electron chi connectivity index (χ1n) is 7.72. The number of hydrogen-bond donors (Lipinski definition) is 0.